The van der Waals surface area contributed by atoms with Crippen molar-refractivity contribution in [3.05, 3.63) is 63.8 Å². The summed E-state index contributed by atoms with van der Waals surface area (Å²) < 4.78 is 14.4. The van der Waals surface area contributed by atoms with E-state index < -0.39 is 23.4 Å². The van der Waals surface area contributed by atoms with E-state index in [9.17, 15) is 19.1 Å². The first-order valence-corrected chi connectivity index (χ1v) is 8.13. The zero-order valence-electron chi connectivity index (χ0n) is 13.8. The van der Waals surface area contributed by atoms with Gasteiger partial charge in [0.05, 0.1) is 6.10 Å². The minimum atomic E-state index is -0.521. The van der Waals surface area contributed by atoms with Crippen LogP contribution < -0.4 is 16.2 Å². The van der Waals surface area contributed by atoms with Gasteiger partial charge in [0.1, 0.15) is 11.4 Å². The first-order chi connectivity index (χ1) is 12.0. The number of aliphatic hydroxyl groups is 1. The van der Waals surface area contributed by atoms with Gasteiger partial charge in [0.25, 0.3) is 11.5 Å². The van der Waals surface area contributed by atoms with Gasteiger partial charge in [-0.25, -0.2) is 4.39 Å². The summed E-state index contributed by atoms with van der Waals surface area (Å²) in [6.07, 6.45) is 1.48. The number of carbonyl (C=O) groups is 1. The summed E-state index contributed by atoms with van der Waals surface area (Å²) in [5.74, 6) is -0.870. The predicted octanol–water partition coefficient (Wildman–Crippen LogP) is 0.738. The third-order valence-electron chi connectivity index (χ3n) is 4.29. The van der Waals surface area contributed by atoms with Crippen molar-refractivity contribution in [1.29, 1.82) is 0 Å². The number of aryl methyl sites for hydroxylation is 1. The number of rotatable bonds is 3. The van der Waals surface area contributed by atoms with Crippen molar-refractivity contribution in [2.75, 3.05) is 13.1 Å². The molecule has 0 saturated carbocycles. The fourth-order valence-electron chi connectivity index (χ4n) is 2.99. The highest BCUT2D eigenvalue weighted by atomic mass is 19.1. The van der Waals surface area contributed by atoms with Crippen molar-refractivity contribution >= 4 is 5.91 Å². The summed E-state index contributed by atoms with van der Waals surface area (Å²) in [6, 6.07) is 6.92. The van der Waals surface area contributed by atoms with Crippen molar-refractivity contribution in [1.82, 2.24) is 15.2 Å². The fraction of sp³-hybridized carbons (Fsp3) is 0.333. The van der Waals surface area contributed by atoms with E-state index in [0.717, 1.165) is 0 Å². The number of amides is 1. The molecule has 132 valence electrons. The third-order valence-corrected chi connectivity index (χ3v) is 4.29. The molecule has 2 aromatic rings. The summed E-state index contributed by atoms with van der Waals surface area (Å²) in [5.41, 5.74) is 0.626. The highest BCUT2D eigenvalue weighted by Gasteiger charge is 2.24. The van der Waals surface area contributed by atoms with Crippen LogP contribution in [-0.2, 0) is 0 Å². The number of aliphatic hydroxyl groups excluding tert-OH is 1. The second-order valence-corrected chi connectivity index (χ2v) is 6.24. The molecule has 1 aliphatic heterocycles. The van der Waals surface area contributed by atoms with Crippen LogP contribution >= 0.6 is 0 Å². The summed E-state index contributed by atoms with van der Waals surface area (Å²) in [5, 5.41) is 15.5. The van der Waals surface area contributed by atoms with Gasteiger partial charge >= 0.3 is 0 Å². The maximum Gasteiger partial charge on any atom is 0.268 e. The molecule has 6 nitrogen and oxygen atoms in total. The second-order valence-electron chi connectivity index (χ2n) is 6.24. The van der Waals surface area contributed by atoms with Crippen LogP contribution in [0.25, 0.3) is 5.69 Å². The van der Waals surface area contributed by atoms with Crippen LogP contribution in [0.3, 0.4) is 0 Å². The second kappa shape index (κ2) is 7.16. The van der Waals surface area contributed by atoms with Crippen LogP contribution in [0, 0.1) is 12.7 Å². The molecule has 2 heterocycles. The molecular formula is C18H20FN3O3. The Morgan fingerprint density at radius 2 is 2.00 bits per heavy atom. The average molecular weight is 345 g/mol. The third kappa shape index (κ3) is 3.78. The number of β-amino-alcohol motifs (C(OH)–C–C–N with tert-alkyl or cyclic N) is 1. The Bertz CT molecular complexity index is 832. The van der Waals surface area contributed by atoms with E-state index in [4.69, 9.17) is 0 Å². The first-order valence-electron chi connectivity index (χ1n) is 8.13. The van der Waals surface area contributed by atoms with Crippen molar-refractivity contribution in [3.8, 4) is 5.69 Å². The Labute approximate surface area is 144 Å². The van der Waals surface area contributed by atoms with Crippen LogP contribution in [0.1, 0.15) is 22.3 Å². The Hall–Kier alpha value is -2.51. The van der Waals surface area contributed by atoms with Crippen molar-refractivity contribution in [3.63, 3.8) is 0 Å². The van der Waals surface area contributed by atoms with E-state index in [1.54, 1.807) is 19.2 Å². The predicted molar refractivity (Wildman–Crippen MR) is 91.5 cm³/mol. The molecule has 2 atom stereocenters. The number of hydrogen-bond donors (Lipinski definition) is 3. The van der Waals surface area contributed by atoms with Gasteiger partial charge in [-0.2, -0.15) is 0 Å². The number of piperidine rings is 1. The maximum atomic E-state index is 13.1. The summed E-state index contributed by atoms with van der Waals surface area (Å²) in [4.78, 5) is 25.4. The molecule has 0 bridgehead atoms. The Morgan fingerprint density at radius 1 is 1.28 bits per heavy atom. The number of aromatic nitrogens is 1. The Balaban J connectivity index is 1.90. The van der Waals surface area contributed by atoms with Crippen molar-refractivity contribution in [2.45, 2.75) is 25.5 Å². The lowest BCUT2D eigenvalue weighted by Crippen LogP contribution is -2.51. The van der Waals surface area contributed by atoms with Gasteiger partial charge in [-0.1, -0.05) is 0 Å². The number of hydrogen-bond acceptors (Lipinski definition) is 4. The minimum Gasteiger partial charge on any atom is -0.392 e. The highest BCUT2D eigenvalue weighted by molar-refractivity contribution is 5.95. The zero-order chi connectivity index (χ0) is 18.0. The average Bonchev–Trinajstić information content (AvgIpc) is 2.56. The number of nitrogens with one attached hydrogen (secondary N) is 2. The lowest BCUT2D eigenvalue weighted by Gasteiger charge is -2.27. The summed E-state index contributed by atoms with van der Waals surface area (Å²) in [6.45, 7) is 2.73. The molecule has 0 radical (unpaired) electrons. The molecular weight excluding hydrogens is 325 g/mol. The van der Waals surface area contributed by atoms with Crippen LogP contribution in [0.2, 0.25) is 0 Å². The van der Waals surface area contributed by atoms with Gasteiger partial charge in [-0.3, -0.25) is 14.2 Å². The fourth-order valence-corrected chi connectivity index (χ4v) is 2.99. The molecule has 1 aliphatic rings. The van der Waals surface area contributed by atoms with Gasteiger partial charge in [0.15, 0.2) is 0 Å². The topological polar surface area (TPSA) is 83.4 Å². The molecule has 7 heteroatoms. The number of benzene rings is 1. The zero-order valence-corrected chi connectivity index (χ0v) is 13.8. The molecule has 0 unspecified atom stereocenters. The van der Waals surface area contributed by atoms with Gasteiger partial charge in [-0.15, -0.1) is 0 Å². The lowest BCUT2D eigenvalue weighted by molar-refractivity contribution is 0.0874. The van der Waals surface area contributed by atoms with Gasteiger partial charge < -0.3 is 15.7 Å². The Kier molecular flexibility index (Phi) is 4.96. The quantitative estimate of drug-likeness (QED) is 0.766. The van der Waals surface area contributed by atoms with Gasteiger partial charge in [-0.05, 0) is 49.2 Å². The maximum absolute atomic E-state index is 13.1. The monoisotopic (exact) mass is 345 g/mol. The van der Waals surface area contributed by atoms with Crippen LogP contribution in [0.5, 0.6) is 0 Å². The van der Waals surface area contributed by atoms with E-state index >= 15 is 0 Å². The first kappa shape index (κ1) is 17.3. The van der Waals surface area contributed by atoms with Crippen LogP contribution in [0.4, 0.5) is 4.39 Å². The molecule has 1 aromatic carbocycles. The van der Waals surface area contributed by atoms with Crippen LogP contribution in [0.15, 0.2) is 41.3 Å². The summed E-state index contributed by atoms with van der Waals surface area (Å²) in [7, 11) is 0. The van der Waals surface area contributed by atoms with E-state index in [-0.39, 0.29) is 11.6 Å². The molecule has 1 aromatic heterocycles. The van der Waals surface area contributed by atoms with Gasteiger partial charge in [0.2, 0.25) is 0 Å². The molecule has 1 saturated heterocycles. The van der Waals surface area contributed by atoms with E-state index in [2.05, 4.69) is 10.6 Å². The normalized spacial score (nSPS) is 20.3. The van der Waals surface area contributed by atoms with E-state index in [1.165, 1.54) is 28.8 Å². The molecule has 1 amide bonds. The summed E-state index contributed by atoms with van der Waals surface area (Å²) >= 11 is 0. The van der Waals surface area contributed by atoms with E-state index in [1.807, 2.05) is 0 Å². The largest absolute Gasteiger partial charge is 0.392 e. The van der Waals surface area contributed by atoms with Crippen molar-refractivity contribution in [2.24, 2.45) is 0 Å². The van der Waals surface area contributed by atoms with Crippen LogP contribution in [-0.4, -0.2) is 40.8 Å². The smallest absolute Gasteiger partial charge is 0.268 e. The number of pyridine rings is 1. The molecule has 25 heavy (non-hydrogen) atoms. The Morgan fingerprint density at radius 3 is 2.68 bits per heavy atom. The SMILES string of the molecule is Cc1ccn(-c2ccc(F)cc2)c(=O)c1C(=O)N[C@@H]1CNC[C@H](O)C1. The molecule has 0 aliphatic carbocycles. The standard InChI is InChI=1S/C18H20FN3O3/c1-11-6-7-22(14-4-2-12(19)3-5-14)18(25)16(11)17(24)21-13-8-15(23)10-20-9-13/h2-7,13,15,20,23H,8-10H2,1H3,(H,21,24)/t13-,15+/m0/s1. The molecule has 0 spiro atoms. The van der Waals surface area contributed by atoms with E-state index in [0.29, 0.717) is 30.8 Å². The minimum absolute atomic E-state index is 0.0480. The molecule has 3 rings (SSSR count). The highest BCUT2D eigenvalue weighted by Crippen LogP contribution is 2.11. The van der Waals surface area contributed by atoms with Gasteiger partial charge in [0, 0.05) is 31.0 Å². The molecule has 3 N–H and O–H groups in total. The number of halogens is 1. The van der Waals surface area contributed by atoms with Crippen molar-refractivity contribution < 1.29 is 14.3 Å². The number of nitrogens with zero attached hydrogens (tertiary/aromatic N) is 1. The lowest BCUT2D eigenvalue weighted by atomic mass is 10.0. The molecule has 1 fully saturated rings. The number of carbonyl (C=O) groups excluding carboxylic acids is 1.